The molecule has 0 radical (unpaired) electrons. The molecule has 0 bridgehead atoms. The molecule has 1 N–H and O–H groups in total. The summed E-state index contributed by atoms with van der Waals surface area (Å²) in [6, 6.07) is 9.16. The summed E-state index contributed by atoms with van der Waals surface area (Å²) in [5, 5.41) is 0.211. The second-order valence-electron chi connectivity index (χ2n) is 5.41. The summed E-state index contributed by atoms with van der Waals surface area (Å²) in [5.74, 6) is -0.244. The zero-order valence-electron chi connectivity index (χ0n) is 13.3. The van der Waals surface area contributed by atoms with E-state index < -0.39 is 10.0 Å². The lowest BCUT2D eigenvalue weighted by molar-refractivity contribution is 0.0827. The Hall–Kier alpha value is -1.57. The number of benzene rings is 2. The number of amides is 1. The summed E-state index contributed by atoms with van der Waals surface area (Å²) in [6.07, 6.45) is 0. The van der Waals surface area contributed by atoms with E-state index in [9.17, 15) is 13.2 Å². The van der Waals surface area contributed by atoms with E-state index in [1.54, 1.807) is 39.2 Å². The van der Waals surface area contributed by atoms with E-state index in [2.05, 4.69) is 20.7 Å². The van der Waals surface area contributed by atoms with Crippen LogP contribution in [0.5, 0.6) is 0 Å². The van der Waals surface area contributed by atoms with E-state index in [-0.39, 0.29) is 21.5 Å². The van der Waals surface area contributed by atoms with Crippen molar-refractivity contribution in [1.29, 1.82) is 0 Å². The number of sulfonamides is 1. The molecule has 24 heavy (non-hydrogen) atoms. The molecule has 0 aromatic heterocycles. The minimum absolute atomic E-state index is 0.114. The number of nitrogens with zero attached hydrogens (tertiary/aromatic N) is 1. The molecule has 0 aliphatic carbocycles. The SMILES string of the molecule is Cc1cc(S(=O)(=O)Nc2cc(C(=O)N(C)C)ccc2Cl)ccc1Br. The van der Waals surface area contributed by atoms with Crippen LogP contribution < -0.4 is 4.72 Å². The molecule has 0 saturated heterocycles. The van der Waals surface area contributed by atoms with Crippen LogP contribution in [-0.2, 0) is 10.0 Å². The van der Waals surface area contributed by atoms with Crippen molar-refractivity contribution in [2.24, 2.45) is 0 Å². The highest BCUT2D eigenvalue weighted by atomic mass is 79.9. The van der Waals surface area contributed by atoms with Gasteiger partial charge in [-0.05, 0) is 48.9 Å². The molecule has 0 fully saturated rings. The lowest BCUT2D eigenvalue weighted by Crippen LogP contribution is -2.22. The van der Waals surface area contributed by atoms with Gasteiger partial charge in [0.15, 0.2) is 0 Å². The van der Waals surface area contributed by atoms with Crippen LogP contribution in [0.4, 0.5) is 5.69 Å². The summed E-state index contributed by atoms with van der Waals surface area (Å²) in [6.45, 7) is 1.80. The minimum Gasteiger partial charge on any atom is -0.345 e. The smallest absolute Gasteiger partial charge is 0.261 e. The van der Waals surface area contributed by atoms with Gasteiger partial charge in [-0.15, -0.1) is 0 Å². The quantitative estimate of drug-likeness (QED) is 0.798. The molecule has 8 heteroatoms. The largest absolute Gasteiger partial charge is 0.345 e. The molecule has 0 aliphatic rings. The van der Waals surface area contributed by atoms with E-state index in [0.29, 0.717) is 5.56 Å². The van der Waals surface area contributed by atoms with Gasteiger partial charge in [0.05, 0.1) is 15.6 Å². The monoisotopic (exact) mass is 430 g/mol. The van der Waals surface area contributed by atoms with Crippen LogP contribution >= 0.6 is 27.5 Å². The van der Waals surface area contributed by atoms with Gasteiger partial charge in [0.25, 0.3) is 15.9 Å². The highest BCUT2D eigenvalue weighted by molar-refractivity contribution is 9.10. The molecular weight excluding hydrogens is 416 g/mol. The van der Waals surface area contributed by atoms with Gasteiger partial charge in [-0.25, -0.2) is 8.42 Å². The molecule has 128 valence electrons. The van der Waals surface area contributed by atoms with Crippen molar-refractivity contribution in [3.63, 3.8) is 0 Å². The van der Waals surface area contributed by atoms with E-state index in [1.807, 2.05) is 0 Å². The Kier molecular flexibility index (Phi) is 5.57. The predicted octanol–water partition coefficient (Wildman–Crippen LogP) is 3.91. The number of carbonyl (C=O) groups is 1. The van der Waals surface area contributed by atoms with Gasteiger partial charge in [-0.2, -0.15) is 0 Å². The number of hydrogen-bond donors (Lipinski definition) is 1. The van der Waals surface area contributed by atoms with Crippen molar-refractivity contribution >= 4 is 49.1 Å². The second-order valence-corrected chi connectivity index (χ2v) is 8.35. The van der Waals surface area contributed by atoms with Crippen molar-refractivity contribution in [2.45, 2.75) is 11.8 Å². The third kappa shape index (κ3) is 4.09. The van der Waals surface area contributed by atoms with E-state index in [0.717, 1.165) is 10.0 Å². The summed E-state index contributed by atoms with van der Waals surface area (Å²) in [7, 11) is -0.585. The topological polar surface area (TPSA) is 66.5 Å². The highest BCUT2D eigenvalue weighted by Crippen LogP contribution is 2.27. The molecule has 5 nitrogen and oxygen atoms in total. The fourth-order valence-corrected chi connectivity index (χ4v) is 3.61. The van der Waals surface area contributed by atoms with Gasteiger partial charge in [0.1, 0.15) is 0 Å². The number of hydrogen-bond acceptors (Lipinski definition) is 3. The van der Waals surface area contributed by atoms with Gasteiger partial charge >= 0.3 is 0 Å². The van der Waals surface area contributed by atoms with Crippen molar-refractivity contribution in [2.75, 3.05) is 18.8 Å². The van der Waals surface area contributed by atoms with Gasteiger partial charge in [0, 0.05) is 24.1 Å². The fourth-order valence-electron chi connectivity index (χ4n) is 1.98. The predicted molar refractivity (Wildman–Crippen MR) is 99.2 cm³/mol. The lowest BCUT2D eigenvalue weighted by Gasteiger charge is -2.14. The number of halogens is 2. The van der Waals surface area contributed by atoms with Crippen LogP contribution in [0, 0.1) is 6.92 Å². The van der Waals surface area contributed by atoms with E-state index >= 15 is 0 Å². The molecule has 2 aromatic carbocycles. The zero-order valence-corrected chi connectivity index (χ0v) is 16.5. The van der Waals surface area contributed by atoms with Crippen LogP contribution in [0.25, 0.3) is 0 Å². The summed E-state index contributed by atoms with van der Waals surface area (Å²) in [4.78, 5) is 13.5. The third-order valence-electron chi connectivity index (χ3n) is 3.30. The second kappa shape index (κ2) is 7.13. The number of aryl methyl sites for hydroxylation is 1. The zero-order chi connectivity index (χ0) is 18.1. The van der Waals surface area contributed by atoms with Crippen LogP contribution in [0.2, 0.25) is 5.02 Å². The maximum absolute atomic E-state index is 12.6. The van der Waals surface area contributed by atoms with Crippen molar-refractivity contribution < 1.29 is 13.2 Å². The molecule has 2 aromatic rings. The molecule has 1 amide bonds. The Morgan fingerprint density at radius 1 is 1.17 bits per heavy atom. The van der Waals surface area contributed by atoms with Crippen molar-refractivity contribution in [3.8, 4) is 0 Å². The first kappa shape index (κ1) is 18.8. The summed E-state index contributed by atoms with van der Waals surface area (Å²) >= 11 is 9.41. The fraction of sp³-hybridized carbons (Fsp3) is 0.188. The molecule has 0 spiro atoms. The Morgan fingerprint density at radius 2 is 1.83 bits per heavy atom. The maximum Gasteiger partial charge on any atom is 0.261 e. The standard InChI is InChI=1S/C16H16BrClN2O3S/c1-10-8-12(5-6-13(10)17)24(22,23)19-15-9-11(4-7-14(15)18)16(21)20(2)3/h4-9,19H,1-3H3. The summed E-state index contributed by atoms with van der Waals surface area (Å²) in [5.41, 5.74) is 1.29. The maximum atomic E-state index is 12.6. The Labute approximate surface area is 154 Å². The summed E-state index contributed by atoms with van der Waals surface area (Å²) < 4.78 is 28.4. The molecule has 0 saturated carbocycles. The number of nitrogens with one attached hydrogen (secondary N) is 1. The first-order valence-electron chi connectivity index (χ1n) is 6.92. The molecule has 0 atom stereocenters. The average molecular weight is 432 g/mol. The van der Waals surface area contributed by atoms with E-state index in [4.69, 9.17) is 11.6 Å². The number of rotatable bonds is 4. The van der Waals surface area contributed by atoms with Crippen LogP contribution in [0.1, 0.15) is 15.9 Å². The van der Waals surface area contributed by atoms with Crippen LogP contribution in [-0.4, -0.2) is 33.3 Å². The van der Waals surface area contributed by atoms with Gasteiger partial charge in [0.2, 0.25) is 0 Å². The average Bonchev–Trinajstić information content (AvgIpc) is 2.51. The van der Waals surface area contributed by atoms with Crippen molar-refractivity contribution in [1.82, 2.24) is 4.90 Å². The first-order valence-corrected chi connectivity index (χ1v) is 9.57. The Bertz CT molecular complexity index is 898. The molecule has 0 aliphatic heterocycles. The van der Waals surface area contributed by atoms with Crippen molar-refractivity contribution in [3.05, 3.63) is 57.0 Å². The Balaban J connectivity index is 2.40. The van der Waals surface area contributed by atoms with E-state index in [1.165, 1.54) is 23.1 Å². The molecular formula is C16H16BrClN2O3S. The van der Waals surface area contributed by atoms with Gasteiger partial charge in [-0.1, -0.05) is 27.5 Å². The van der Waals surface area contributed by atoms with Crippen LogP contribution in [0.3, 0.4) is 0 Å². The number of anilines is 1. The normalized spacial score (nSPS) is 11.2. The molecule has 0 unspecified atom stereocenters. The molecule has 0 heterocycles. The third-order valence-corrected chi connectivity index (χ3v) is 5.89. The lowest BCUT2D eigenvalue weighted by atomic mass is 10.2. The number of carbonyl (C=O) groups excluding carboxylic acids is 1. The van der Waals surface area contributed by atoms with Crippen LogP contribution in [0.15, 0.2) is 45.8 Å². The van der Waals surface area contributed by atoms with Gasteiger partial charge < -0.3 is 4.90 Å². The highest BCUT2D eigenvalue weighted by Gasteiger charge is 2.18. The Morgan fingerprint density at radius 3 is 2.42 bits per heavy atom. The minimum atomic E-state index is -3.82. The molecule has 2 rings (SSSR count). The van der Waals surface area contributed by atoms with Gasteiger partial charge in [-0.3, -0.25) is 9.52 Å². The first-order chi connectivity index (χ1) is 11.1.